The van der Waals surface area contributed by atoms with Gasteiger partial charge in [-0.05, 0) is 13.8 Å². The van der Waals surface area contributed by atoms with Gasteiger partial charge in [0.2, 0.25) is 0 Å². The average molecular weight is 272 g/mol. The molecule has 0 aliphatic carbocycles. The topological polar surface area (TPSA) is 37.4 Å². The molecular formula is C8H18BrNO2S. The Labute approximate surface area is 89.5 Å². The number of halogens is 1. The molecule has 80 valence electrons. The zero-order chi connectivity index (χ0) is 10.5. The van der Waals surface area contributed by atoms with Crippen LogP contribution in [0.15, 0.2) is 0 Å². The molecule has 0 saturated heterocycles. The van der Waals surface area contributed by atoms with Crippen LogP contribution in [0.3, 0.4) is 0 Å². The van der Waals surface area contributed by atoms with Crippen molar-refractivity contribution >= 4 is 25.8 Å². The van der Waals surface area contributed by atoms with Crippen molar-refractivity contribution in [3.63, 3.8) is 0 Å². The van der Waals surface area contributed by atoms with Gasteiger partial charge >= 0.3 is 0 Å². The molecule has 0 fully saturated rings. The molecule has 0 spiro atoms. The summed E-state index contributed by atoms with van der Waals surface area (Å²) in [7, 11) is -2.83. The van der Waals surface area contributed by atoms with Crippen LogP contribution in [0, 0.1) is 0 Å². The standard InChI is InChI=1S/C8H18BrNO2S/c1-8(2)10(5-4-9)6-7-13(3,11)12/h8H,4-7H2,1-3H3. The SMILES string of the molecule is CC(C)N(CCBr)CCS(C)(=O)=O. The number of alkyl halides is 1. The molecule has 0 unspecified atom stereocenters. The highest BCUT2D eigenvalue weighted by Gasteiger charge is 2.11. The first-order chi connectivity index (χ1) is 5.87. The van der Waals surface area contributed by atoms with Crippen molar-refractivity contribution < 1.29 is 8.42 Å². The molecule has 0 radical (unpaired) electrons. The summed E-state index contributed by atoms with van der Waals surface area (Å²) in [4.78, 5) is 2.15. The fourth-order valence-corrected chi connectivity index (χ4v) is 2.04. The summed E-state index contributed by atoms with van der Waals surface area (Å²) < 4.78 is 21.8. The summed E-state index contributed by atoms with van der Waals surface area (Å²) >= 11 is 3.35. The van der Waals surface area contributed by atoms with Gasteiger partial charge in [-0.25, -0.2) is 8.42 Å². The number of hydrogen-bond donors (Lipinski definition) is 0. The molecule has 5 heteroatoms. The van der Waals surface area contributed by atoms with Gasteiger partial charge in [-0.2, -0.15) is 0 Å². The second-order valence-corrected chi connectivity index (χ2v) is 6.50. The third kappa shape index (κ3) is 7.46. The number of rotatable bonds is 6. The molecule has 0 atom stereocenters. The Balaban J connectivity index is 3.97. The van der Waals surface area contributed by atoms with E-state index >= 15 is 0 Å². The van der Waals surface area contributed by atoms with Crippen molar-refractivity contribution in [2.24, 2.45) is 0 Å². The Morgan fingerprint density at radius 1 is 1.31 bits per heavy atom. The second-order valence-electron chi connectivity index (χ2n) is 3.45. The highest BCUT2D eigenvalue weighted by atomic mass is 79.9. The van der Waals surface area contributed by atoms with Crippen LogP contribution in [0.4, 0.5) is 0 Å². The van der Waals surface area contributed by atoms with Crippen LogP contribution >= 0.6 is 15.9 Å². The quantitative estimate of drug-likeness (QED) is 0.680. The van der Waals surface area contributed by atoms with E-state index in [4.69, 9.17) is 0 Å². The molecule has 0 N–H and O–H groups in total. The third-order valence-electron chi connectivity index (χ3n) is 1.85. The van der Waals surface area contributed by atoms with Crippen LogP contribution in [0.5, 0.6) is 0 Å². The van der Waals surface area contributed by atoms with Gasteiger partial charge in [0.05, 0.1) is 5.75 Å². The Hall–Kier alpha value is 0.390. The molecule has 0 aliphatic heterocycles. The fraction of sp³-hybridized carbons (Fsp3) is 1.00. The van der Waals surface area contributed by atoms with Crippen LogP contribution in [0.1, 0.15) is 13.8 Å². The summed E-state index contributed by atoms with van der Waals surface area (Å²) in [6, 6.07) is 0.402. The first kappa shape index (κ1) is 13.4. The summed E-state index contributed by atoms with van der Waals surface area (Å²) in [5.41, 5.74) is 0. The molecule has 0 bridgehead atoms. The second kappa shape index (κ2) is 5.98. The molecule has 0 aromatic rings. The van der Waals surface area contributed by atoms with E-state index in [2.05, 4.69) is 34.7 Å². The van der Waals surface area contributed by atoms with Crippen molar-refractivity contribution in [2.45, 2.75) is 19.9 Å². The van der Waals surface area contributed by atoms with Crippen molar-refractivity contribution in [1.82, 2.24) is 4.90 Å². The Morgan fingerprint density at radius 2 is 1.85 bits per heavy atom. The van der Waals surface area contributed by atoms with E-state index in [1.807, 2.05) is 0 Å². The van der Waals surface area contributed by atoms with E-state index in [1.54, 1.807) is 0 Å². The minimum absolute atomic E-state index is 0.248. The van der Waals surface area contributed by atoms with Gasteiger partial charge in [-0.3, -0.25) is 4.90 Å². The maximum absolute atomic E-state index is 10.9. The molecule has 0 aromatic carbocycles. The lowest BCUT2D eigenvalue weighted by Crippen LogP contribution is -2.36. The van der Waals surface area contributed by atoms with Gasteiger partial charge in [0.15, 0.2) is 0 Å². The van der Waals surface area contributed by atoms with Crippen LogP contribution < -0.4 is 0 Å². The minimum Gasteiger partial charge on any atom is -0.299 e. The number of hydrogen-bond acceptors (Lipinski definition) is 3. The van der Waals surface area contributed by atoms with Gasteiger partial charge in [-0.15, -0.1) is 0 Å². The molecule has 0 saturated carbocycles. The minimum atomic E-state index is -2.83. The largest absolute Gasteiger partial charge is 0.299 e. The van der Waals surface area contributed by atoms with E-state index < -0.39 is 9.84 Å². The van der Waals surface area contributed by atoms with Crippen LogP contribution in [-0.2, 0) is 9.84 Å². The van der Waals surface area contributed by atoms with Crippen molar-refractivity contribution in [1.29, 1.82) is 0 Å². The lowest BCUT2D eigenvalue weighted by molar-refractivity contribution is 0.250. The van der Waals surface area contributed by atoms with Gasteiger partial charge in [0.1, 0.15) is 9.84 Å². The van der Waals surface area contributed by atoms with E-state index in [0.717, 1.165) is 11.9 Å². The number of nitrogens with zero attached hydrogens (tertiary/aromatic N) is 1. The lowest BCUT2D eigenvalue weighted by Gasteiger charge is -2.24. The van der Waals surface area contributed by atoms with Crippen molar-refractivity contribution in [3.8, 4) is 0 Å². The molecule has 13 heavy (non-hydrogen) atoms. The molecule has 3 nitrogen and oxygen atoms in total. The zero-order valence-electron chi connectivity index (χ0n) is 8.46. The summed E-state index contributed by atoms with van der Waals surface area (Å²) in [5.74, 6) is 0.248. The molecule has 0 aromatic heterocycles. The summed E-state index contributed by atoms with van der Waals surface area (Å²) in [6.45, 7) is 5.67. The van der Waals surface area contributed by atoms with Crippen LogP contribution in [0.25, 0.3) is 0 Å². The summed E-state index contributed by atoms with van der Waals surface area (Å²) in [5, 5.41) is 0.884. The zero-order valence-corrected chi connectivity index (χ0v) is 10.9. The normalized spacial score (nSPS) is 12.8. The predicted molar refractivity (Wildman–Crippen MR) is 60.2 cm³/mol. The van der Waals surface area contributed by atoms with E-state index in [-0.39, 0.29) is 5.75 Å². The molecular weight excluding hydrogens is 254 g/mol. The van der Waals surface area contributed by atoms with Gasteiger partial charge in [-0.1, -0.05) is 15.9 Å². The molecule has 0 aliphatic rings. The maximum atomic E-state index is 10.9. The predicted octanol–water partition coefficient (Wildman–Crippen LogP) is 1.14. The van der Waals surface area contributed by atoms with E-state index in [9.17, 15) is 8.42 Å². The first-order valence-corrected chi connectivity index (χ1v) is 7.52. The van der Waals surface area contributed by atoms with Gasteiger partial charge in [0.25, 0.3) is 0 Å². The van der Waals surface area contributed by atoms with Crippen LogP contribution in [0.2, 0.25) is 0 Å². The molecule has 0 heterocycles. The monoisotopic (exact) mass is 271 g/mol. The van der Waals surface area contributed by atoms with Gasteiger partial charge in [0, 0.05) is 30.7 Å². The highest BCUT2D eigenvalue weighted by Crippen LogP contribution is 2.00. The maximum Gasteiger partial charge on any atom is 0.148 e. The lowest BCUT2D eigenvalue weighted by atomic mass is 10.3. The Kier molecular flexibility index (Phi) is 6.16. The Bertz CT molecular complexity index is 226. The fourth-order valence-electron chi connectivity index (χ4n) is 1.02. The number of sulfone groups is 1. The van der Waals surface area contributed by atoms with E-state index in [1.165, 1.54) is 6.26 Å². The van der Waals surface area contributed by atoms with E-state index in [0.29, 0.717) is 12.6 Å². The average Bonchev–Trinajstić information content (AvgIpc) is 1.95. The van der Waals surface area contributed by atoms with Crippen molar-refractivity contribution in [2.75, 3.05) is 30.4 Å². The summed E-state index contributed by atoms with van der Waals surface area (Å²) in [6.07, 6.45) is 1.28. The molecule has 0 amide bonds. The smallest absolute Gasteiger partial charge is 0.148 e. The third-order valence-corrected chi connectivity index (χ3v) is 3.13. The first-order valence-electron chi connectivity index (χ1n) is 4.34. The van der Waals surface area contributed by atoms with Crippen LogP contribution in [-0.4, -0.2) is 49.8 Å². The Morgan fingerprint density at radius 3 is 2.15 bits per heavy atom. The molecule has 0 rings (SSSR count). The van der Waals surface area contributed by atoms with Gasteiger partial charge < -0.3 is 0 Å². The van der Waals surface area contributed by atoms with Crippen molar-refractivity contribution in [3.05, 3.63) is 0 Å². The highest BCUT2D eigenvalue weighted by molar-refractivity contribution is 9.09.